The fourth-order valence-corrected chi connectivity index (χ4v) is 4.91. The fourth-order valence-electron chi connectivity index (χ4n) is 4.91. The summed E-state index contributed by atoms with van der Waals surface area (Å²) in [5.41, 5.74) is -3.33. The van der Waals surface area contributed by atoms with Gasteiger partial charge in [-0.05, 0) is 12.1 Å². The average molecular weight is 562 g/mol. The molecule has 0 N–H and O–H groups in total. The van der Waals surface area contributed by atoms with Crippen molar-refractivity contribution in [3.8, 4) is 34.5 Å². The molecule has 208 valence electrons. The first kappa shape index (κ1) is 25.6. The van der Waals surface area contributed by atoms with Crippen LogP contribution in [0.5, 0.6) is 34.5 Å². The van der Waals surface area contributed by atoms with E-state index in [4.69, 9.17) is 41.4 Å². The highest BCUT2D eigenvalue weighted by molar-refractivity contribution is 6.13. The number of carbonyl (C=O) groups excluding carboxylic acids is 2. The van der Waals surface area contributed by atoms with E-state index in [1.807, 2.05) is 0 Å². The molecule has 0 spiro atoms. The lowest BCUT2D eigenvalue weighted by atomic mass is 10.1. The Labute approximate surface area is 227 Å². The van der Waals surface area contributed by atoms with Gasteiger partial charge in [-0.25, -0.2) is 9.59 Å². The molecule has 0 atom stereocenters. The Morgan fingerprint density at radius 3 is 1.29 bits per heavy atom. The SMILES string of the molecule is COc1c2occc2c(OC)c2c(Oc3c(C=O)c(=O)oc4c(OC)c5occc5c(OC)c34)c(C=O)c(=O)oc12. The van der Waals surface area contributed by atoms with Crippen molar-refractivity contribution in [3.05, 3.63) is 56.6 Å². The lowest BCUT2D eigenvalue weighted by Gasteiger charge is -2.18. The van der Waals surface area contributed by atoms with Crippen molar-refractivity contribution in [2.24, 2.45) is 0 Å². The van der Waals surface area contributed by atoms with Crippen LogP contribution in [0, 0.1) is 0 Å². The van der Waals surface area contributed by atoms with Crippen molar-refractivity contribution in [1.29, 1.82) is 0 Å². The van der Waals surface area contributed by atoms with Crippen LogP contribution in [0.4, 0.5) is 0 Å². The van der Waals surface area contributed by atoms with Gasteiger partial charge in [-0.15, -0.1) is 0 Å². The molecule has 4 heterocycles. The van der Waals surface area contributed by atoms with Gasteiger partial charge < -0.3 is 41.4 Å². The third kappa shape index (κ3) is 3.41. The van der Waals surface area contributed by atoms with Gasteiger partial charge in [0.15, 0.2) is 46.4 Å². The number of aldehydes is 2. The molecule has 41 heavy (non-hydrogen) atoms. The first-order valence-electron chi connectivity index (χ1n) is 11.8. The van der Waals surface area contributed by atoms with Crippen molar-refractivity contribution >= 4 is 56.4 Å². The maximum absolute atomic E-state index is 13.1. The first-order valence-corrected chi connectivity index (χ1v) is 11.8. The van der Waals surface area contributed by atoms with Gasteiger partial charge in [-0.3, -0.25) is 9.59 Å². The molecule has 13 heteroatoms. The number of fused-ring (bicyclic) bond motifs is 4. The molecule has 0 unspecified atom stereocenters. The molecule has 0 fully saturated rings. The summed E-state index contributed by atoms with van der Waals surface area (Å²) in [4.78, 5) is 50.6. The molecule has 0 aliphatic heterocycles. The summed E-state index contributed by atoms with van der Waals surface area (Å²) in [7, 11) is 5.34. The molecule has 0 bridgehead atoms. The van der Waals surface area contributed by atoms with Gasteiger partial charge in [-0.1, -0.05) is 0 Å². The van der Waals surface area contributed by atoms with E-state index in [9.17, 15) is 19.2 Å². The van der Waals surface area contributed by atoms with Crippen LogP contribution in [-0.2, 0) is 0 Å². The van der Waals surface area contributed by atoms with Gasteiger partial charge in [0.1, 0.15) is 33.4 Å². The van der Waals surface area contributed by atoms with Crippen LogP contribution in [0.2, 0.25) is 0 Å². The van der Waals surface area contributed by atoms with E-state index in [1.54, 1.807) is 12.1 Å². The molecule has 0 saturated heterocycles. The van der Waals surface area contributed by atoms with Crippen LogP contribution >= 0.6 is 0 Å². The van der Waals surface area contributed by atoms with Crippen LogP contribution in [-0.4, -0.2) is 41.0 Å². The average Bonchev–Trinajstić information content (AvgIpc) is 3.65. The maximum Gasteiger partial charge on any atom is 0.350 e. The Bertz CT molecular complexity index is 2000. The molecule has 2 aromatic carbocycles. The Balaban J connectivity index is 1.84. The van der Waals surface area contributed by atoms with Gasteiger partial charge in [0.05, 0.1) is 51.7 Å². The highest BCUT2D eigenvalue weighted by Crippen LogP contribution is 2.51. The quantitative estimate of drug-likeness (QED) is 0.183. The number of carbonyl (C=O) groups is 2. The summed E-state index contributed by atoms with van der Waals surface area (Å²) < 4.78 is 50.4. The summed E-state index contributed by atoms with van der Waals surface area (Å²) in [6.07, 6.45) is 3.15. The number of ether oxygens (including phenoxy) is 5. The van der Waals surface area contributed by atoms with Crippen molar-refractivity contribution < 1.29 is 50.9 Å². The van der Waals surface area contributed by atoms with E-state index in [1.165, 1.54) is 41.0 Å². The van der Waals surface area contributed by atoms with E-state index in [0.717, 1.165) is 0 Å². The normalized spacial score (nSPS) is 11.3. The molecule has 6 rings (SSSR count). The number of hydrogen-bond acceptors (Lipinski definition) is 13. The third-order valence-electron chi connectivity index (χ3n) is 6.58. The molecule has 0 aliphatic rings. The van der Waals surface area contributed by atoms with Gasteiger partial charge >= 0.3 is 11.3 Å². The fraction of sp³-hybridized carbons (Fsp3) is 0.143. The van der Waals surface area contributed by atoms with Gasteiger partial charge in [0.2, 0.25) is 11.5 Å². The second-order valence-corrected chi connectivity index (χ2v) is 8.47. The smallest absolute Gasteiger partial charge is 0.350 e. The van der Waals surface area contributed by atoms with Crippen LogP contribution < -0.4 is 34.9 Å². The molecular formula is C28H18O13. The van der Waals surface area contributed by atoms with Crippen molar-refractivity contribution in [2.45, 2.75) is 0 Å². The Kier molecular flexibility index (Phi) is 5.91. The van der Waals surface area contributed by atoms with E-state index in [-0.39, 0.29) is 68.7 Å². The number of rotatable bonds is 8. The summed E-state index contributed by atoms with van der Waals surface area (Å²) >= 11 is 0. The Hall–Kier alpha value is -5.72. The predicted octanol–water partition coefficient (Wildman–Crippen LogP) is 4.84. The molecule has 0 aliphatic carbocycles. The zero-order valence-electron chi connectivity index (χ0n) is 21.8. The Morgan fingerprint density at radius 1 is 0.561 bits per heavy atom. The molecular weight excluding hydrogens is 544 g/mol. The van der Waals surface area contributed by atoms with Gasteiger partial charge in [0, 0.05) is 0 Å². The summed E-state index contributed by atoms with van der Waals surface area (Å²) in [6, 6.07) is 3.14. The molecule has 6 aromatic rings. The maximum atomic E-state index is 13.1. The van der Waals surface area contributed by atoms with Crippen LogP contribution in [0.1, 0.15) is 20.7 Å². The summed E-state index contributed by atoms with van der Waals surface area (Å²) in [5, 5.41) is 0.738. The zero-order chi connectivity index (χ0) is 29.0. The topological polar surface area (TPSA) is 167 Å². The van der Waals surface area contributed by atoms with Gasteiger partial charge in [-0.2, -0.15) is 0 Å². The molecule has 0 radical (unpaired) electrons. The minimum absolute atomic E-state index is 0.00704. The number of hydrogen-bond donors (Lipinski definition) is 0. The highest BCUT2D eigenvalue weighted by Gasteiger charge is 2.32. The lowest BCUT2D eigenvalue weighted by Crippen LogP contribution is -2.13. The second kappa shape index (κ2) is 9.48. The Morgan fingerprint density at radius 2 is 0.951 bits per heavy atom. The van der Waals surface area contributed by atoms with Crippen molar-refractivity contribution in [3.63, 3.8) is 0 Å². The van der Waals surface area contributed by atoms with Crippen molar-refractivity contribution in [1.82, 2.24) is 0 Å². The predicted molar refractivity (Wildman–Crippen MR) is 142 cm³/mol. The minimum atomic E-state index is -1.10. The monoisotopic (exact) mass is 562 g/mol. The second-order valence-electron chi connectivity index (χ2n) is 8.47. The van der Waals surface area contributed by atoms with Crippen LogP contribution in [0.25, 0.3) is 43.9 Å². The first-order chi connectivity index (χ1) is 19.9. The van der Waals surface area contributed by atoms with Gasteiger partial charge in [0.25, 0.3) is 0 Å². The zero-order valence-corrected chi connectivity index (χ0v) is 21.8. The van der Waals surface area contributed by atoms with Crippen molar-refractivity contribution in [2.75, 3.05) is 28.4 Å². The number of methoxy groups -OCH3 is 4. The van der Waals surface area contributed by atoms with E-state index in [2.05, 4.69) is 0 Å². The van der Waals surface area contributed by atoms with Crippen LogP contribution in [0.15, 0.2) is 51.9 Å². The highest BCUT2D eigenvalue weighted by atomic mass is 16.5. The third-order valence-corrected chi connectivity index (χ3v) is 6.58. The lowest BCUT2D eigenvalue weighted by molar-refractivity contribution is 0.111. The molecule has 0 amide bonds. The number of furan rings is 2. The summed E-state index contributed by atoms with van der Waals surface area (Å²) in [5.74, 6) is -0.595. The van der Waals surface area contributed by atoms with E-state index in [0.29, 0.717) is 10.8 Å². The van der Waals surface area contributed by atoms with E-state index >= 15 is 0 Å². The number of benzene rings is 2. The molecule has 0 saturated carbocycles. The van der Waals surface area contributed by atoms with Crippen LogP contribution in [0.3, 0.4) is 0 Å². The van der Waals surface area contributed by atoms with E-state index < -0.39 is 33.9 Å². The molecule has 13 nitrogen and oxygen atoms in total. The summed E-state index contributed by atoms with van der Waals surface area (Å²) in [6.45, 7) is 0. The molecule has 4 aromatic heterocycles. The largest absolute Gasteiger partial charge is 0.495 e. The standard InChI is InChI=1S/C28H18O13/c1-33-17-11-5-7-37-21(11)25(35-3)23-15(17)19(13(9-29)27(31)40-23)39-20-14(10-30)28(32)41-24-16(20)18(34-2)12-6-8-38-22(12)26(24)36-4/h5-10H,1-4H3. The minimum Gasteiger partial charge on any atom is -0.495 e.